The lowest BCUT2D eigenvalue weighted by Crippen LogP contribution is -2.33. The van der Waals surface area contributed by atoms with Crippen LogP contribution in [0.2, 0.25) is 0 Å². The maximum absolute atomic E-state index is 9.36. The molecule has 0 spiro atoms. The molecule has 0 radical (unpaired) electrons. The third kappa shape index (κ3) is 2.65. The average Bonchev–Trinajstić information content (AvgIpc) is 2.41. The van der Waals surface area contributed by atoms with Gasteiger partial charge in [0.05, 0.1) is 11.8 Å². The van der Waals surface area contributed by atoms with Crippen LogP contribution < -0.4 is 5.48 Å². The molecule has 0 saturated heterocycles. The van der Waals surface area contributed by atoms with Crippen molar-refractivity contribution in [3.05, 3.63) is 35.9 Å². The third-order valence-corrected chi connectivity index (χ3v) is 3.45. The summed E-state index contributed by atoms with van der Waals surface area (Å²) in [4.78, 5) is 0. The van der Waals surface area contributed by atoms with E-state index in [1.807, 2.05) is 30.3 Å². The van der Waals surface area contributed by atoms with Gasteiger partial charge in [0, 0.05) is 5.92 Å². The highest BCUT2D eigenvalue weighted by Gasteiger charge is 2.29. The first kappa shape index (κ1) is 12.1. The van der Waals surface area contributed by atoms with Gasteiger partial charge in [-0.25, -0.2) is 0 Å². The summed E-state index contributed by atoms with van der Waals surface area (Å²) < 4.78 is 0. The van der Waals surface area contributed by atoms with Crippen molar-refractivity contribution < 1.29 is 10.4 Å². The highest BCUT2D eigenvalue weighted by molar-refractivity contribution is 5.87. The molecule has 3 N–H and O–H groups in total. The minimum atomic E-state index is -0.192. The molecule has 1 aliphatic carbocycles. The molecular formula is C13H18N2O2. The predicted molar refractivity (Wildman–Crippen MR) is 65.3 cm³/mol. The van der Waals surface area contributed by atoms with E-state index < -0.39 is 0 Å². The molecule has 92 valence electrons. The summed E-state index contributed by atoms with van der Waals surface area (Å²) in [5.74, 6) is 0.0705. The minimum absolute atomic E-state index is 0.0705. The van der Waals surface area contributed by atoms with E-state index in [0.29, 0.717) is 0 Å². The fraction of sp³-hybridized carbons (Fsp3) is 0.462. The van der Waals surface area contributed by atoms with Crippen molar-refractivity contribution in [1.82, 2.24) is 5.48 Å². The first-order valence-corrected chi connectivity index (χ1v) is 6.02. The molecule has 2 rings (SSSR count). The Bertz CT molecular complexity index is 378. The SMILES string of the molecule is O/N=C1/CCCC[C@H]1[C@@H](NO)c1ccccc1. The van der Waals surface area contributed by atoms with Crippen molar-refractivity contribution in [3.8, 4) is 0 Å². The normalized spacial score (nSPS) is 24.8. The average molecular weight is 234 g/mol. The van der Waals surface area contributed by atoms with E-state index in [2.05, 4.69) is 10.6 Å². The molecule has 17 heavy (non-hydrogen) atoms. The Kier molecular flexibility index (Phi) is 4.12. The van der Waals surface area contributed by atoms with Crippen LogP contribution >= 0.6 is 0 Å². The number of hydrogen-bond donors (Lipinski definition) is 3. The number of rotatable bonds is 3. The second-order valence-corrected chi connectivity index (χ2v) is 4.46. The van der Waals surface area contributed by atoms with Crippen LogP contribution in [0.1, 0.15) is 37.3 Å². The van der Waals surface area contributed by atoms with E-state index in [1.165, 1.54) is 0 Å². The van der Waals surface area contributed by atoms with E-state index in [9.17, 15) is 5.21 Å². The van der Waals surface area contributed by atoms with Crippen molar-refractivity contribution >= 4 is 5.71 Å². The number of nitrogens with zero attached hydrogens (tertiary/aromatic N) is 1. The smallest absolute Gasteiger partial charge is 0.0650 e. The van der Waals surface area contributed by atoms with Gasteiger partial charge in [0.15, 0.2) is 0 Å². The van der Waals surface area contributed by atoms with Crippen molar-refractivity contribution in [2.75, 3.05) is 0 Å². The zero-order valence-corrected chi connectivity index (χ0v) is 9.71. The first-order valence-electron chi connectivity index (χ1n) is 6.02. The lowest BCUT2D eigenvalue weighted by atomic mass is 9.80. The van der Waals surface area contributed by atoms with Crippen LogP contribution in [0.25, 0.3) is 0 Å². The molecule has 1 fully saturated rings. The maximum atomic E-state index is 9.36. The number of oxime groups is 1. The highest BCUT2D eigenvalue weighted by atomic mass is 16.5. The van der Waals surface area contributed by atoms with Gasteiger partial charge in [-0.3, -0.25) is 0 Å². The number of hydrogen-bond acceptors (Lipinski definition) is 4. The second-order valence-electron chi connectivity index (χ2n) is 4.46. The number of hydroxylamine groups is 1. The Labute approximate surface area is 101 Å². The van der Waals surface area contributed by atoms with Crippen LogP contribution in [0.4, 0.5) is 0 Å². The van der Waals surface area contributed by atoms with Crippen molar-refractivity contribution in [2.45, 2.75) is 31.7 Å². The van der Waals surface area contributed by atoms with E-state index in [4.69, 9.17) is 5.21 Å². The Morgan fingerprint density at radius 3 is 2.65 bits per heavy atom. The van der Waals surface area contributed by atoms with E-state index in [1.54, 1.807) is 0 Å². The monoisotopic (exact) mass is 234 g/mol. The summed E-state index contributed by atoms with van der Waals surface area (Å²) in [6, 6.07) is 9.58. The zero-order chi connectivity index (χ0) is 12.1. The fourth-order valence-corrected chi connectivity index (χ4v) is 2.56. The standard InChI is InChI=1S/C13H18N2O2/c16-14-12-9-5-4-8-11(12)13(15-17)10-6-2-1-3-7-10/h1-3,6-7,11,13,15-17H,4-5,8-9H2/b14-12-/t11-,13+/m1/s1. The molecular weight excluding hydrogens is 216 g/mol. The summed E-state index contributed by atoms with van der Waals surface area (Å²) in [6.07, 6.45) is 3.91. The van der Waals surface area contributed by atoms with Crippen LogP contribution in [0.3, 0.4) is 0 Å². The van der Waals surface area contributed by atoms with Crippen molar-refractivity contribution in [3.63, 3.8) is 0 Å². The van der Waals surface area contributed by atoms with Gasteiger partial charge < -0.3 is 10.4 Å². The summed E-state index contributed by atoms with van der Waals surface area (Å²) in [6.45, 7) is 0. The molecule has 1 aliphatic rings. The molecule has 0 unspecified atom stereocenters. The molecule has 4 nitrogen and oxygen atoms in total. The summed E-state index contributed by atoms with van der Waals surface area (Å²) in [5, 5.41) is 21.8. The van der Waals surface area contributed by atoms with Gasteiger partial charge in [-0.05, 0) is 24.8 Å². The first-order chi connectivity index (χ1) is 8.36. The molecule has 2 atom stereocenters. The molecule has 1 aromatic rings. The zero-order valence-electron chi connectivity index (χ0n) is 9.71. The van der Waals surface area contributed by atoms with Crippen LogP contribution in [-0.2, 0) is 0 Å². The Hall–Kier alpha value is -1.39. The van der Waals surface area contributed by atoms with Gasteiger partial charge in [0.2, 0.25) is 0 Å². The molecule has 1 saturated carbocycles. The van der Waals surface area contributed by atoms with Gasteiger partial charge in [-0.1, -0.05) is 41.9 Å². The van der Waals surface area contributed by atoms with Crippen molar-refractivity contribution in [2.24, 2.45) is 11.1 Å². The van der Waals surface area contributed by atoms with Gasteiger partial charge in [0.25, 0.3) is 0 Å². The Morgan fingerprint density at radius 2 is 2.00 bits per heavy atom. The van der Waals surface area contributed by atoms with Gasteiger partial charge in [-0.15, -0.1) is 0 Å². The van der Waals surface area contributed by atoms with Crippen LogP contribution in [-0.4, -0.2) is 16.1 Å². The highest BCUT2D eigenvalue weighted by Crippen LogP contribution is 2.32. The largest absolute Gasteiger partial charge is 0.411 e. The maximum Gasteiger partial charge on any atom is 0.0650 e. The third-order valence-electron chi connectivity index (χ3n) is 3.45. The molecule has 0 aliphatic heterocycles. The summed E-state index contributed by atoms with van der Waals surface area (Å²) in [7, 11) is 0. The fourth-order valence-electron chi connectivity index (χ4n) is 2.56. The summed E-state index contributed by atoms with van der Waals surface area (Å²) in [5.41, 5.74) is 4.16. The predicted octanol–water partition coefficient (Wildman–Crippen LogP) is 2.73. The number of nitrogens with one attached hydrogen (secondary N) is 1. The lowest BCUT2D eigenvalue weighted by molar-refractivity contribution is 0.105. The van der Waals surface area contributed by atoms with Crippen LogP contribution in [0.15, 0.2) is 35.5 Å². The van der Waals surface area contributed by atoms with E-state index in [0.717, 1.165) is 37.0 Å². The van der Waals surface area contributed by atoms with Gasteiger partial charge >= 0.3 is 0 Å². The molecule has 0 amide bonds. The molecule has 0 aromatic heterocycles. The van der Waals surface area contributed by atoms with Crippen molar-refractivity contribution in [1.29, 1.82) is 0 Å². The Balaban J connectivity index is 2.23. The molecule has 1 aromatic carbocycles. The quantitative estimate of drug-likeness (QED) is 0.556. The van der Waals surface area contributed by atoms with E-state index >= 15 is 0 Å². The van der Waals surface area contributed by atoms with Crippen LogP contribution in [0.5, 0.6) is 0 Å². The molecule has 0 bridgehead atoms. The van der Waals surface area contributed by atoms with Gasteiger partial charge in [-0.2, -0.15) is 5.48 Å². The van der Waals surface area contributed by atoms with Crippen LogP contribution in [0, 0.1) is 5.92 Å². The number of benzene rings is 1. The van der Waals surface area contributed by atoms with E-state index in [-0.39, 0.29) is 12.0 Å². The second kappa shape index (κ2) is 5.80. The molecule has 4 heteroatoms. The topological polar surface area (TPSA) is 64.9 Å². The Morgan fingerprint density at radius 1 is 1.24 bits per heavy atom. The minimum Gasteiger partial charge on any atom is -0.411 e. The lowest BCUT2D eigenvalue weighted by Gasteiger charge is -2.30. The molecule has 0 heterocycles. The summed E-state index contributed by atoms with van der Waals surface area (Å²) >= 11 is 0. The van der Waals surface area contributed by atoms with Gasteiger partial charge in [0.1, 0.15) is 0 Å².